The summed E-state index contributed by atoms with van der Waals surface area (Å²) in [6.45, 7) is 6.95. The molecule has 2 N–H and O–H groups in total. The fourth-order valence-corrected chi connectivity index (χ4v) is 1.75. The Bertz CT molecular complexity index is 182. The molecule has 13 heavy (non-hydrogen) atoms. The third-order valence-corrected chi connectivity index (χ3v) is 2.50. The minimum absolute atomic E-state index is 0.00116. The molecule has 0 aromatic carbocycles. The second kappa shape index (κ2) is 4.58. The Morgan fingerprint density at radius 1 is 1.62 bits per heavy atom. The molecule has 0 aliphatic carbocycles. The molecule has 0 unspecified atom stereocenters. The molecular weight excluding hydrogens is 166 g/mol. The molecule has 1 aliphatic rings. The van der Waals surface area contributed by atoms with Crippen molar-refractivity contribution in [1.82, 2.24) is 15.5 Å². The zero-order valence-corrected chi connectivity index (χ0v) is 8.63. The van der Waals surface area contributed by atoms with Gasteiger partial charge in [-0.25, -0.2) is 0 Å². The minimum atomic E-state index is -0.00116. The van der Waals surface area contributed by atoms with Gasteiger partial charge in [-0.1, -0.05) is 0 Å². The van der Waals surface area contributed by atoms with E-state index in [-0.39, 0.29) is 11.9 Å². The van der Waals surface area contributed by atoms with Gasteiger partial charge in [-0.2, -0.15) is 0 Å². The molecule has 0 aromatic rings. The summed E-state index contributed by atoms with van der Waals surface area (Å²) in [5.41, 5.74) is 0. The number of rotatable bonds is 2. The summed E-state index contributed by atoms with van der Waals surface area (Å²) in [6.07, 6.45) is 0. The van der Waals surface area contributed by atoms with Gasteiger partial charge in [0.25, 0.3) is 0 Å². The van der Waals surface area contributed by atoms with Crippen molar-refractivity contribution in [2.75, 3.05) is 26.7 Å². The molecule has 76 valence electrons. The van der Waals surface area contributed by atoms with Crippen LogP contribution in [0.2, 0.25) is 0 Å². The maximum absolute atomic E-state index is 11.5. The van der Waals surface area contributed by atoms with Crippen molar-refractivity contribution in [1.29, 1.82) is 0 Å². The van der Waals surface area contributed by atoms with Crippen LogP contribution < -0.4 is 10.6 Å². The zero-order chi connectivity index (χ0) is 9.84. The predicted molar refractivity (Wildman–Crippen MR) is 52.6 cm³/mol. The van der Waals surface area contributed by atoms with E-state index in [0.717, 1.165) is 19.6 Å². The summed E-state index contributed by atoms with van der Waals surface area (Å²) in [7, 11) is 1.69. The number of hydrogen-bond donors (Lipinski definition) is 2. The molecule has 4 heteroatoms. The number of nitrogens with zero attached hydrogens (tertiary/aromatic N) is 1. The number of hydrogen-bond acceptors (Lipinski definition) is 3. The number of piperazine rings is 1. The number of amides is 1. The van der Waals surface area contributed by atoms with Crippen molar-refractivity contribution < 1.29 is 4.79 Å². The van der Waals surface area contributed by atoms with Crippen molar-refractivity contribution in [3.05, 3.63) is 0 Å². The molecule has 0 bridgehead atoms. The van der Waals surface area contributed by atoms with Crippen LogP contribution >= 0.6 is 0 Å². The number of carbonyl (C=O) groups excluding carboxylic acids is 1. The SMILES string of the molecule is CNC(=O)[C@H]1CNCCN1C(C)C. The van der Waals surface area contributed by atoms with E-state index in [1.807, 2.05) is 0 Å². The standard InChI is InChI=1S/C9H19N3O/c1-7(2)12-5-4-11-6-8(12)9(13)10-3/h7-8,11H,4-6H2,1-3H3,(H,10,13)/t8-/m1/s1. The number of likely N-dealkylation sites (N-methyl/N-ethyl adjacent to an activating group) is 1. The van der Waals surface area contributed by atoms with E-state index in [1.54, 1.807) is 7.05 Å². The van der Waals surface area contributed by atoms with E-state index < -0.39 is 0 Å². The van der Waals surface area contributed by atoms with Crippen LogP contribution in [0, 0.1) is 0 Å². The maximum Gasteiger partial charge on any atom is 0.238 e. The topological polar surface area (TPSA) is 44.4 Å². The van der Waals surface area contributed by atoms with E-state index in [9.17, 15) is 4.79 Å². The van der Waals surface area contributed by atoms with Gasteiger partial charge in [0.05, 0.1) is 0 Å². The Hall–Kier alpha value is -0.610. The Labute approximate surface area is 79.7 Å². The summed E-state index contributed by atoms with van der Waals surface area (Å²) in [5.74, 6) is 0.112. The average Bonchev–Trinajstić information content (AvgIpc) is 2.16. The minimum Gasteiger partial charge on any atom is -0.358 e. The molecule has 1 saturated heterocycles. The summed E-state index contributed by atoms with van der Waals surface area (Å²) in [5, 5.41) is 5.93. The first-order valence-electron chi connectivity index (χ1n) is 4.85. The van der Waals surface area contributed by atoms with Crippen LogP contribution in [0.5, 0.6) is 0 Å². The largest absolute Gasteiger partial charge is 0.358 e. The average molecular weight is 185 g/mol. The molecule has 0 saturated carbocycles. The highest BCUT2D eigenvalue weighted by Gasteiger charge is 2.29. The highest BCUT2D eigenvalue weighted by molar-refractivity contribution is 5.81. The summed E-state index contributed by atoms with van der Waals surface area (Å²) in [4.78, 5) is 13.7. The molecule has 0 spiro atoms. The van der Waals surface area contributed by atoms with Gasteiger partial charge < -0.3 is 10.6 Å². The van der Waals surface area contributed by atoms with Crippen molar-refractivity contribution in [3.8, 4) is 0 Å². The highest BCUT2D eigenvalue weighted by Crippen LogP contribution is 2.07. The van der Waals surface area contributed by atoms with Crippen LogP contribution in [0.3, 0.4) is 0 Å². The lowest BCUT2D eigenvalue weighted by molar-refractivity contribution is -0.127. The molecule has 4 nitrogen and oxygen atoms in total. The van der Waals surface area contributed by atoms with Crippen LogP contribution in [0.15, 0.2) is 0 Å². The summed E-state index contributed by atoms with van der Waals surface area (Å²) in [6, 6.07) is 0.433. The number of nitrogens with one attached hydrogen (secondary N) is 2. The second-order valence-electron chi connectivity index (χ2n) is 3.67. The molecular formula is C9H19N3O. The Morgan fingerprint density at radius 2 is 2.31 bits per heavy atom. The quantitative estimate of drug-likeness (QED) is 0.604. The Balaban J connectivity index is 2.61. The van der Waals surface area contributed by atoms with E-state index >= 15 is 0 Å². The molecule has 1 heterocycles. The number of carbonyl (C=O) groups is 1. The molecule has 1 fully saturated rings. The first-order chi connectivity index (χ1) is 6.16. The first-order valence-corrected chi connectivity index (χ1v) is 4.85. The van der Waals surface area contributed by atoms with Crippen molar-refractivity contribution >= 4 is 5.91 Å². The fraction of sp³-hybridized carbons (Fsp3) is 0.889. The lowest BCUT2D eigenvalue weighted by atomic mass is 10.1. The van der Waals surface area contributed by atoms with Crippen LogP contribution in [-0.4, -0.2) is 49.6 Å². The van der Waals surface area contributed by atoms with E-state index in [1.165, 1.54) is 0 Å². The van der Waals surface area contributed by atoms with Gasteiger partial charge in [0.15, 0.2) is 0 Å². The molecule has 1 amide bonds. The molecule has 1 aliphatic heterocycles. The lowest BCUT2D eigenvalue weighted by Crippen LogP contribution is -2.59. The lowest BCUT2D eigenvalue weighted by Gasteiger charge is -2.37. The van der Waals surface area contributed by atoms with Crippen LogP contribution in [-0.2, 0) is 4.79 Å². The van der Waals surface area contributed by atoms with Gasteiger partial charge in [0, 0.05) is 32.7 Å². The normalized spacial score (nSPS) is 24.8. The Morgan fingerprint density at radius 3 is 2.85 bits per heavy atom. The van der Waals surface area contributed by atoms with Crippen molar-refractivity contribution in [2.24, 2.45) is 0 Å². The van der Waals surface area contributed by atoms with Gasteiger partial charge in [-0.15, -0.1) is 0 Å². The monoisotopic (exact) mass is 185 g/mol. The van der Waals surface area contributed by atoms with Crippen molar-refractivity contribution in [2.45, 2.75) is 25.9 Å². The third kappa shape index (κ3) is 2.42. The maximum atomic E-state index is 11.5. The molecule has 1 atom stereocenters. The van der Waals surface area contributed by atoms with Gasteiger partial charge in [0.1, 0.15) is 6.04 Å². The zero-order valence-electron chi connectivity index (χ0n) is 8.63. The van der Waals surface area contributed by atoms with Gasteiger partial charge in [-0.05, 0) is 13.8 Å². The molecule has 1 rings (SSSR count). The highest BCUT2D eigenvalue weighted by atomic mass is 16.2. The second-order valence-corrected chi connectivity index (χ2v) is 3.67. The fourth-order valence-electron chi connectivity index (χ4n) is 1.75. The van der Waals surface area contributed by atoms with Crippen LogP contribution in [0.4, 0.5) is 0 Å². The van der Waals surface area contributed by atoms with E-state index in [0.29, 0.717) is 6.04 Å². The predicted octanol–water partition coefficient (Wildman–Crippen LogP) is -0.585. The van der Waals surface area contributed by atoms with Gasteiger partial charge in [0.2, 0.25) is 5.91 Å². The molecule has 0 aromatic heterocycles. The Kier molecular flexibility index (Phi) is 3.69. The van der Waals surface area contributed by atoms with Gasteiger partial charge >= 0.3 is 0 Å². The smallest absolute Gasteiger partial charge is 0.238 e. The summed E-state index contributed by atoms with van der Waals surface area (Å²) < 4.78 is 0. The van der Waals surface area contributed by atoms with E-state index in [4.69, 9.17) is 0 Å². The summed E-state index contributed by atoms with van der Waals surface area (Å²) >= 11 is 0. The van der Waals surface area contributed by atoms with E-state index in [2.05, 4.69) is 29.4 Å². The van der Waals surface area contributed by atoms with Crippen molar-refractivity contribution in [3.63, 3.8) is 0 Å². The first kappa shape index (κ1) is 10.5. The third-order valence-electron chi connectivity index (χ3n) is 2.50. The molecule has 0 radical (unpaired) electrons. The van der Waals surface area contributed by atoms with Crippen LogP contribution in [0.25, 0.3) is 0 Å². The van der Waals surface area contributed by atoms with Gasteiger partial charge in [-0.3, -0.25) is 9.69 Å². The van der Waals surface area contributed by atoms with Crippen LogP contribution in [0.1, 0.15) is 13.8 Å².